The molecule has 5 nitrogen and oxygen atoms in total. The lowest BCUT2D eigenvalue weighted by Gasteiger charge is -2.20. The highest BCUT2D eigenvalue weighted by Crippen LogP contribution is 2.35. The van der Waals surface area contributed by atoms with Crippen LogP contribution in [0.15, 0.2) is 54.9 Å². The summed E-state index contributed by atoms with van der Waals surface area (Å²) in [5.74, 6) is 2.84. The second kappa shape index (κ2) is 7.45. The molecule has 1 N–H and O–H groups in total. The largest absolute Gasteiger partial charge is 0.496 e. The maximum absolute atomic E-state index is 5.93. The number of aromatic nitrogens is 2. The number of methoxy groups -OCH3 is 1. The average molecular weight is 363 g/mol. The Balaban J connectivity index is 1.62. The molecule has 140 valence electrons. The summed E-state index contributed by atoms with van der Waals surface area (Å²) in [5.41, 5.74) is 3.48. The summed E-state index contributed by atoms with van der Waals surface area (Å²) in [6.45, 7) is 2.75. The number of aryl methyl sites for hydroxylation is 1. The standard InChI is InChI=1S/C22H25N3O2/c1-15-11-17-12-19(26-3)18(13-20(17)27-15)14-24-21(16-7-5-4-6-8-16)22-23-9-10-25(22)2/h4-10,12-13,15,21,24H,11,14H2,1-3H3. The van der Waals surface area contributed by atoms with Crippen LogP contribution in [0.4, 0.5) is 0 Å². The average Bonchev–Trinajstić information content (AvgIpc) is 3.26. The van der Waals surface area contributed by atoms with Crippen LogP contribution in [0.25, 0.3) is 0 Å². The van der Waals surface area contributed by atoms with Crippen LogP contribution in [0.1, 0.15) is 35.5 Å². The van der Waals surface area contributed by atoms with Crippen LogP contribution >= 0.6 is 0 Å². The fourth-order valence-corrected chi connectivity index (χ4v) is 3.68. The lowest BCUT2D eigenvalue weighted by molar-refractivity contribution is 0.254. The summed E-state index contributed by atoms with van der Waals surface area (Å²) < 4.78 is 13.6. The third-order valence-corrected chi connectivity index (χ3v) is 5.05. The second-order valence-electron chi connectivity index (χ2n) is 7.03. The molecule has 2 unspecified atom stereocenters. The van der Waals surface area contributed by atoms with Crippen molar-refractivity contribution in [1.82, 2.24) is 14.9 Å². The Hall–Kier alpha value is -2.79. The molecule has 5 heteroatoms. The smallest absolute Gasteiger partial charge is 0.130 e. The Kier molecular flexibility index (Phi) is 4.86. The van der Waals surface area contributed by atoms with Crippen LogP contribution in [0.5, 0.6) is 11.5 Å². The molecule has 2 heterocycles. The van der Waals surface area contributed by atoms with Gasteiger partial charge in [-0.3, -0.25) is 5.32 Å². The van der Waals surface area contributed by atoms with Gasteiger partial charge in [0.05, 0.1) is 13.2 Å². The second-order valence-corrected chi connectivity index (χ2v) is 7.03. The number of benzene rings is 2. The van der Waals surface area contributed by atoms with Gasteiger partial charge in [-0.05, 0) is 24.6 Å². The van der Waals surface area contributed by atoms with Crippen LogP contribution in [-0.2, 0) is 20.0 Å². The van der Waals surface area contributed by atoms with E-state index in [1.165, 1.54) is 11.1 Å². The number of hydrogen-bond acceptors (Lipinski definition) is 4. The first kappa shape index (κ1) is 17.6. The minimum Gasteiger partial charge on any atom is -0.496 e. The Bertz CT molecular complexity index is 921. The fourth-order valence-electron chi connectivity index (χ4n) is 3.68. The van der Waals surface area contributed by atoms with Crippen molar-refractivity contribution in [2.45, 2.75) is 32.0 Å². The van der Waals surface area contributed by atoms with E-state index in [1.54, 1.807) is 7.11 Å². The molecule has 27 heavy (non-hydrogen) atoms. The van der Waals surface area contributed by atoms with Gasteiger partial charge in [0, 0.05) is 43.5 Å². The van der Waals surface area contributed by atoms with E-state index in [2.05, 4.69) is 58.2 Å². The van der Waals surface area contributed by atoms with E-state index in [4.69, 9.17) is 9.47 Å². The molecule has 0 spiro atoms. The molecule has 1 aromatic heterocycles. The van der Waals surface area contributed by atoms with E-state index in [1.807, 2.05) is 25.5 Å². The van der Waals surface area contributed by atoms with Gasteiger partial charge < -0.3 is 14.0 Å². The van der Waals surface area contributed by atoms with Crippen LogP contribution in [0.2, 0.25) is 0 Å². The molecule has 0 aliphatic carbocycles. The number of nitrogens with zero attached hydrogens (tertiary/aromatic N) is 2. The highest BCUT2D eigenvalue weighted by molar-refractivity contribution is 5.48. The molecule has 3 aromatic rings. The van der Waals surface area contributed by atoms with Gasteiger partial charge in [0.25, 0.3) is 0 Å². The lowest BCUT2D eigenvalue weighted by Crippen LogP contribution is -2.25. The third-order valence-electron chi connectivity index (χ3n) is 5.05. The van der Waals surface area contributed by atoms with Crippen molar-refractivity contribution in [2.75, 3.05) is 7.11 Å². The summed E-state index contributed by atoms with van der Waals surface area (Å²) in [4.78, 5) is 4.56. The van der Waals surface area contributed by atoms with Crippen LogP contribution < -0.4 is 14.8 Å². The number of ether oxygens (including phenoxy) is 2. The van der Waals surface area contributed by atoms with Crippen molar-refractivity contribution in [2.24, 2.45) is 7.05 Å². The quantitative estimate of drug-likeness (QED) is 0.727. The first-order valence-corrected chi connectivity index (χ1v) is 9.27. The molecule has 0 amide bonds. The zero-order valence-corrected chi connectivity index (χ0v) is 16.0. The van der Waals surface area contributed by atoms with Crippen LogP contribution in [0.3, 0.4) is 0 Å². The molecule has 0 saturated carbocycles. The van der Waals surface area contributed by atoms with Gasteiger partial charge in [0.2, 0.25) is 0 Å². The predicted octanol–water partition coefficient (Wildman–Crippen LogP) is 3.63. The highest BCUT2D eigenvalue weighted by atomic mass is 16.5. The molecule has 2 atom stereocenters. The van der Waals surface area contributed by atoms with Crippen molar-refractivity contribution < 1.29 is 9.47 Å². The van der Waals surface area contributed by atoms with Crippen molar-refractivity contribution in [3.63, 3.8) is 0 Å². The molecule has 1 aliphatic rings. The van der Waals surface area contributed by atoms with Crippen molar-refractivity contribution >= 4 is 0 Å². The minimum absolute atomic E-state index is 0.0102. The van der Waals surface area contributed by atoms with Gasteiger partial charge in [0.15, 0.2) is 0 Å². The monoisotopic (exact) mass is 363 g/mol. The summed E-state index contributed by atoms with van der Waals surface area (Å²) in [5, 5.41) is 3.65. The van der Waals surface area contributed by atoms with Crippen molar-refractivity contribution in [1.29, 1.82) is 0 Å². The van der Waals surface area contributed by atoms with E-state index in [0.29, 0.717) is 6.54 Å². The normalized spacial score (nSPS) is 16.6. The Morgan fingerprint density at radius 3 is 2.81 bits per heavy atom. The zero-order chi connectivity index (χ0) is 18.8. The summed E-state index contributed by atoms with van der Waals surface area (Å²) in [7, 11) is 3.74. The van der Waals surface area contributed by atoms with Gasteiger partial charge >= 0.3 is 0 Å². The first-order chi connectivity index (χ1) is 13.2. The molecule has 0 fully saturated rings. The molecular formula is C22H25N3O2. The summed E-state index contributed by atoms with van der Waals surface area (Å²) in [6.07, 6.45) is 4.95. The number of hydrogen-bond donors (Lipinski definition) is 1. The Labute approximate surface area is 160 Å². The predicted molar refractivity (Wildman–Crippen MR) is 105 cm³/mol. The third kappa shape index (κ3) is 3.55. The summed E-state index contributed by atoms with van der Waals surface area (Å²) in [6, 6.07) is 14.6. The number of rotatable bonds is 6. The van der Waals surface area contributed by atoms with E-state index in [9.17, 15) is 0 Å². The van der Waals surface area contributed by atoms with E-state index in [-0.39, 0.29) is 12.1 Å². The SMILES string of the molecule is COc1cc2c(cc1CNC(c1ccccc1)c1nccn1C)OC(C)C2. The highest BCUT2D eigenvalue weighted by Gasteiger charge is 2.23. The number of fused-ring (bicyclic) bond motifs is 1. The lowest BCUT2D eigenvalue weighted by atomic mass is 10.0. The van der Waals surface area contributed by atoms with Gasteiger partial charge in [0.1, 0.15) is 23.4 Å². The van der Waals surface area contributed by atoms with Crippen LogP contribution in [0, 0.1) is 0 Å². The van der Waals surface area contributed by atoms with Gasteiger partial charge in [-0.15, -0.1) is 0 Å². The van der Waals surface area contributed by atoms with Gasteiger partial charge in [-0.1, -0.05) is 30.3 Å². The molecule has 4 rings (SSSR count). The molecule has 0 saturated heterocycles. The molecule has 0 bridgehead atoms. The van der Waals surface area contributed by atoms with E-state index >= 15 is 0 Å². The Morgan fingerprint density at radius 2 is 2.11 bits per heavy atom. The Morgan fingerprint density at radius 1 is 1.30 bits per heavy atom. The first-order valence-electron chi connectivity index (χ1n) is 9.27. The van der Waals surface area contributed by atoms with E-state index < -0.39 is 0 Å². The van der Waals surface area contributed by atoms with Gasteiger partial charge in [-0.25, -0.2) is 4.98 Å². The molecular weight excluding hydrogens is 338 g/mol. The number of imidazole rings is 1. The number of nitrogens with one attached hydrogen (secondary N) is 1. The fraction of sp³-hybridized carbons (Fsp3) is 0.318. The van der Waals surface area contributed by atoms with E-state index in [0.717, 1.165) is 29.3 Å². The van der Waals surface area contributed by atoms with Crippen molar-refractivity contribution in [3.8, 4) is 11.5 Å². The maximum atomic E-state index is 5.93. The topological polar surface area (TPSA) is 48.3 Å². The van der Waals surface area contributed by atoms with Crippen LogP contribution in [-0.4, -0.2) is 22.8 Å². The van der Waals surface area contributed by atoms with Crippen molar-refractivity contribution in [3.05, 3.63) is 77.4 Å². The molecule has 1 aliphatic heterocycles. The molecule has 2 aromatic carbocycles. The van der Waals surface area contributed by atoms with Gasteiger partial charge in [-0.2, -0.15) is 0 Å². The molecule has 0 radical (unpaired) electrons. The summed E-state index contributed by atoms with van der Waals surface area (Å²) >= 11 is 0. The maximum Gasteiger partial charge on any atom is 0.130 e. The minimum atomic E-state index is -0.0102. The zero-order valence-electron chi connectivity index (χ0n) is 16.0.